The highest BCUT2D eigenvalue weighted by Crippen LogP contribution is 2.31. The monoisotopic (exact) mass is 394 g/mol. The molecule has 140 valence electrons. The summed E-state index contributed by atoms with van der Waals surface area (Å²) in [4.78, 5) is 23.3. The Morgan fingerprint density at radius 3 is 2.58 bits per heavy atom. The number of aromatic nitrogens is 2. The van der Waals surface area contributed by atoms with Crippen molar-refractivity contribution in [3.63, 3.8) is 0 Å². The van der Waals surface area contributed by atoms with E-state index in [1.54, 1.807) is 0 Å². The van der Waals surface area contributed by atoms with E-state index in [0.717, 1.165) is 26.2 Å². The summed E-state index contributed by atoms with van der Waals surface area (Å²) in [5, 5.41) is 3.16. The topological polar surface area (TPSA) is 70.4 Å². The zero-order valence-electron chi connectivity index (χ0n) is 13.4. The first-order chi connectivity index (χ1) is 12.1. The zero-order chi connectivity index (χ0) is 19.6. The van der Waals surface area contributed by atoms with E-state index in [1.807, 2.05) is 0 Å². The van der Waals surface area contributed by atoms with E-state index in [9.17, 15) is 27.2 Å². The number of methoxy groups -OCH3 is 1. The Hall–Kier alpha value is -2.62. The van der Waals surface area contributed by atoms with E-state index in [1.165, 1.54) is 0 Å². The summed E-state index contributed by atoms with van der Waals surface area (Å²) < 4.78 is 62.5. The maximum Gasteiger partial charge on any atom is 0.418 e. The van der Waals surface area contributed by atoms with Crippen LogP contribution < -0.4 is 10.3 Å². The number of halogens is 5. The average Bonchev–Trinajstić information content (AvgIpc) is 2.55. The van der Waals surface area contributed by atoms with Crippen molar-refractivity contribution in [2.45, 2.75) is 13.1 Å². The number of ether oxygens (including phenoxy) is 2. The molecule has 0 aliphatic carbocycles. The Bertz CT molecular complexity index is 912. The first kappa shape index (κ1) is 19.7. The Morgan fingerprint density at radius 2 is 2.00 bits per heavy atom. The van der Waals surface area contributed by atoms with Gasteiger partial charge in [0.2, 0.25) is 0 Å². The number of carbonyl (C=O) groups is 1. The molecule has 0 radical (unpaired) electrons. The van der Waals surface area contributed by atoms with Crippen LogP contribution in [0.25, 0.3) is 5.69 Å². The fraction of sp³-hybridized carbons (Fsp3) is 0.267. The summed E-state index contributed by atoms with van der Waals surface area (Å²) in [6, 6.07) is 1.73. The van der Waals surface area contributed by atoms with Gasteiger partial charge in [0.1, 0.15) is 11.4 Å². The van der Waals surface area contributed by atoms with E-state index in [2.05, 4.69) is 9.84 Å². The van der Waals surface area contributed by atoms with Crippen LogP contribution in [0.3, 0.4) is 0 Å². The number of carbonyl (C=O) groups excluding carboxylic acids is 1. The maximum absolute atomic E-state index is 14.2. The molecule has 0 atom stereocenters. The molecule has 0 fully saturated rings. The lowest BCUT2D eigenvalue weighted by Crippen LogP contribution is -2.28. The number of hydrogen-bond acceptors (Lipinski definition) is 5. The van der Waals surface area contributed by atoms with Crippen molar-refractivity contribution in [1.29, 1.82) is 0 Å². The molecule has 0 amide bonds. The molecule has 0 N–H and O–H groups in total. The summed E-state index contributed by atoms with van der Waals surface area (Å²) >= 11 is 5.80. The highest BCUT2D eigenvalue weighted by molar-refractivity contribution is 6.32. The van der Waals surface area contributed by atoms with Crippen LogP contribution in [0, 0.1) is 12.7 Å². The number of benzene rings is 1. The summed E-state index contributed by atoms with van der Waals surface area (Å²) in [5.74, 6) is -1.94. The lowest BCUT2D eigenvalue weighted by atomic mass is 10.2. The molecule has 0 saturated carbocycles. The number of nitrogens with zero attached hydrogens (tertiary/aromatic N) is 2. The zero-order valence-corrected chi connectivity index (χ0v) is 14.1. The van der Waals surface area contributed by atoms with Gasteiger partial charge in [-0.05, 0) is 13.0 Å². The Labute approximate surface area is 148 Å². The molecule has 0 bridgehead atoms. The molecule has 2 aromatic rings. The molecular formula is C15H11ClF4N2O4. The van der Waals surface area contributed by atoms with E-state index >= 15 is 0 Å². The molecule has 6 nitrogen and oxygen atoms in total. The first-order valence-electron chi connectivity index (χ1n) is 6.91. The molecule has 1 aromatic carbocycles. The van der Waals surface area contributed by atoms with Crippen LogP contribution in [0.15, 0.2) is 23.1 Å². The van der Waals surface area contributed by atoms with Gasteiger partial charge in [0, 0.05) is 11.6 Å². The third-order valence-corrected chi connectivity index (χ3v) is 3.62. The minimum Gasteiger partial charge on any atom is -0.480 e. The predicted octanol–water partition coefficient (Wildman–Crippen LogP) is 2.90. The number of esters is 1. The van der Waals surface area contributed by atoms with Gasteiger partial charge in [-0.15, -0.1) is 0 Å². The second-order valence-electron chi connectivity index (χ2n) is 5.00. The molecule has 0 aliphatic heterocycles. The highest BCUT2D eigenvalue weighted by Gasteiger charge is 2.34. The summed E-state index contributed by atoms with van der Waals surface area (Å²) in [6.45, 7) is 0.404. The van der Waals surface area contributed by atoms with E-state index < -0.39 is 46.9 Å². The first-order valence-corrected chi connectivity index (χ1v) is 7.29. The molecule has 26 heavy (non-hydrogen) atoms. The van der Waals surface area contributed by atoms with Crippen molar-refractivity contribution < 1.29 is 31.8 Å². The van der Waals surface area contributed by atoms with Crippen molar-refractivity contribution in [2.24, 2.45) is 0 Å². The van der Waals surface area contributed by atoms with Crippen LogP contribution in [-0.4, -0.2) is 29.5 Å². The molecule has 2 rings (SSSR count). The molecule has 0 saturated heterocycles. The number of alkyl halides is 3. The van der Waals surface area contributed by atoms with Gasteiger partial charge in [-0.3, -0.25) is 4.79 Å². The van der Waals surface area contributed by atoms with Gasteiger partial charge >= 0.3 is 12.1 Å². The fourth-order valence-corrected chi connectivity index (χ4v) is 2.19. The average molecular weight is 395 g/mol. The molecule has 0 unspecified atom stereocenters. The van der Waals surface area contributed by atoms with Crippen LogP contribution in [0.4, 0.5) is 17.6 Å². The number of rotatable bonds is 4. The largest absolute Gasteiger partial charge is 0.480 e. The van der Waals surface area contributed by atoms with Gasteiger partial charge in [-0.25, -0.2) is 9.18 Å². The smallest absolute Gasteiger partial charge is 0.418 e. The lowest BCUT2D eigenvalue weighted by molar-refractivity contribution is -0.143. The van der Waals surface area contributed by atoms with Crippen molar-refractivity contribution >= 4 is 17.6 Å². The van der Waals surface area contributed by atoms with E-state index in [0.29, 0.717) is 10.9 Å². The van der Waals surface area contributed by atoms with Gasteiger partial charge < -0.3 is 9.47 Å². The van der Waals surface area contributed by atoms with Crippen LogP contribution in [0.2, 0.25) is 5.02 Å². The fourth-order valence-electron chi connectivity index (χ4n) is 1.98. The van der Waals surface area contributed by atoms with Gasteiger partial charge in [0.15, 0.2) is 12.4 Å². The molecule has 11 heteroatoms. The molecule has 0 spiro atoms. The van der Waals surface area contributed by atoms with Gasteiger partial charge in [0.05, 0.1) is 23.9 Å². The van der Waals surface area contributed by atoms with Crippen molar-refractivity contribution in [3.05, 3.63) is 50.7 Å². The minimum absolute atomic E-state index is 0.181. The second-order valence-corrected chi connectivity index (χ2v) is 5.40. The molecular weight excluding hydrogens is 384 g/mol. The van der Waals surface area contributed by atoms with Crippen LogP contribution >= 0.6 is 11.6 Å². The van der Waals surface area contributed by atoms with Crippen LogP contribution in [0.5, 0.6) is 5.75 Å². The Balaban J connectivity index is 2.53. The third-order valence-electron chi connectivity index (χ3n) is 3.33. The quantitative estimate of drug-likeness (QED) is 0.589. The van der Waals surface area contributed by atoms with Gasteiger partial charge in [0.25, 0.3) is 5.56 Å². The third kappa shape index (κ3) is 3.96. The summed E-state index contributed by atoms with van der Waals surface area (Å²) in [7, 11) is 1.12. The van der Waals surface area contributed by atoms with Crippen molar-refractivity contribution in [3.8, 4) is 11.4 Å². The minimum atomic E-state index is -4.78. The highest BCUT2D eigenvalue weighted by atomic mass is 35.5. The standard InChI is InChI=1S/C15H11ClF4N2O4/c1-7-8(15(18,19)20)5-21-22(14(7)24)11-4-12(9(16)3-10(11)17)26-6-13(23)25-2/h3-5H,6H2,1-2H3. The molecule has 1 heterocycles. The van der Waals surface area contributed by atoms with E-state index in [4.69, 9.17) is 16.3 Å². The SMILES string of the molecule is COC(=O)COc1cc(-n2ncc(C(F)(F)F)c(C)c2=O)c(F)cc1Cl. The van der Waals surface area contributed by atoms with Crippen molar-refractivity contribution in [2.75, 3.05) is 13.7 Å². The summed E-state index contributed by atoms with van der Waals surface area (Å²) in [5.41, 5.74) is -3.54. The van der Waals surface area contributed by atoms with Gasteiger partial charge in [-0.2, -0.15) is 23.0 Å². The van der Waals surface area contributed by atoms with Crippen LogP contribution in [-0.2, 0) is 15.7 Å². The van der Waals surface area contributed by atoms with Gasteiger partial charge in [-0.1, -0.05) is 11.6 Å². The Kier molecular flexibility index (Phi) is 5.55. The van der Waals surface area contributed by atoms with Crippen molar-refractivity contribution in [1.82, 2.24) is 9.78 Å². The molecule has 1 aromatic heterocycles. The predicted molar refractivity (Wildman–Crippen MR) is 82.1 cm³/mol. The second kappa shape index (κ2) is 7.32. The normalized spacial score (nSPS) is 11.3. The number of hydrogen-bond donors (Lipinski definition) is 0. The molecule has 0 aliphatic rings. The Morgan fingerprint density at radius 1 is 1.35 bits per heavy atom. The maximum atomic E-state index is 14.2. The lowest BCUT2D eigenvalue weighted by Gasteiger charge is -2.14. The van der Waals surface area contributed by atoms with Crippen LogP contribution in [0.1, 0.15) is 11.1 Å². The summed E-state index contributed by atoms with van der Waals surface area (Å²) in [6.07, 6.45) is -4.36. The van der Waals surface area contributed by atoms with E-state index in [-0.39, 0.29) is 10.8 Å².